The van der Waals surface area contributed by atoms with Crippen LogP contribution in [0.3, 0.4) is 0 Å². The largest absolute Gasteiger partial charge is 0.457 e. The molecule has 0 amide bonds. The molecule has 0 aromatic rings. The van der Waals surface area contributed by atoms with Crippen molar-refractivity contribution in [3.8, 4) is 0 Å². The number of aliphatic hydroxyl groups is 1. The first-order valence-electron chi connectivity index (χ1n) is 22.1. The number of hydrogen-bond donors (Lipinski definition) is 1. The third kappa shape index (κ3) is 41.0. The van der Waals surface area contributed by atoms with Gasteiger partial charge in [0.15, 0.2) is 0 Å². The minimum Gasteiger partial charge on any atom is -0.457 e. The summed E-state index contributed by atoms with van der Waals surface area (Å²) in [6, 6.07) is 0. The Kier molecular flexibility index (Phi) is 42.6. The van der Waals surface area contributed by atoms with Crippen LogP contribution in [0.5, 0.6) is 0 Å². The van der Waals surface area contributed by atoms with Crippen molar-refractivity contribution in [2.75, 3.05) is 19.8 Å². The second-order valence-corrected chi connectivity index (χ2v) is 14.8. The van der Waals surface area contributed by atoms with Gasteiger partial charge >= 0.3 is 5.97 Å². The predicted molar refractivity (Wildman–Crippen MR) is 219 cm³/mol. The fraction of sp³-hybridized carbons (Fsp3) is 0.848. The predicted octanol–water partition coefficient (Wildman–Crippen LogP) is 14.5. The van der Waals surface area contributed by atoms with Crippen molar-refractivity contribution in [1.82, 2.24) is 0 Å². The Balaban J connectivity index is 3.43. The highest BCUT2D eigenvalue weighted by molar-refractivity contribution is 5.69. The summed E-state index contributed by atoms with van der Waals surface area (Å²) in [4.78, 5) is 12.2. The lowest BCUT2D eigenvalue weighted by Crippen LogP contribution is -2.27. The average Bonchev–Trinajstić information content (AvgIpc) is 3.12. The summed E-state index contributed by atoms with van der Waals surface area (Å²) in [6.45, 7) is 5.33. The summed E-state index contributed by atoms with van der Waals surface area (Å²) < 4.78 is 11.2. The second-order valence-electron chi connectivity index (χ2n) is 14.8. The Morgan fingerprint density at radius 3 is 1.30 bits per heavy atom. The zero-order chi connectivity index (χ0) is 36.3. The molecule has 50 heavy (non-hydrogen) atoms. The zero-order valence-corrected chi connectivity index (χ0v) is 33.7. The lowest BCUT2D eigenvalue weighted by molar-refractivity contribution is -0.154. The molecule has 0 aliphatic heterocycles. The molecule has 0 fully saturated rings. The van der Waals surface area contributed by atoms with Crippen molar-refractivity contribution in [2.24, 2.45) is 0 Å². The lowest BCUT2D eigenvalue weighted by atomic mass is 10.0. The van der Waals surface area contributed by atoms with E-state index in [0.29, 0.717) is 19.6 Å². The highest BCUT2D eigenvalue weighted by Crippen LogP contribution is 2.15. The number of hydrogen-bond acceptors (Lipinski definition) is 4. The van der Waals surface area contributed by atoms with E-state index in [1.165, 1.54) is 173 Å². The van der Waals surface area contributed by atoms with Crippen LogP contribution in [0, 0.1) is 0 Å². The van der Waals surface area contributed by atoms with Crippen LogP contribution < -0.4 is 0 Å². The number of allylic oxidation sites excluding steroid dienone is 6. The van der Waals surface area contributed by atoms with E-state index in [0.717, 1.165) is 32.1 Å². The molecule has 0 saturated heterocycles. The van der Waals surface area contributed by atoms with E-state index in [2.05, 4.69) is 50.3 Å². The number of carbonyl (C=O) groups excluding carboxylic acids is 1. The van der Waals surface area contributed by atoms with Crippen molar-refractivity contribution in [1.29, 1.82) is 0 Å². The molecule has 1 N–H and O–H groups in total. The number of aliphatic hydroxyl groups excluding tert-OH is 1. The van der Waals surface area contributed by atoms with Gasteiger partial charge in [-0.25, -0.2) is 0 Å². The van der Waals surface area contributed by atoms with Gasteiger partial charge in [-0.2, -0.15) is 0 Å². The van der Waals surface area contributed by atoms with Gasteiger partial charge in [0.2, 0.25) is 0 Å². The maximum Gasteiger partial charge on any atom is 0.306 e. The highest BCUT2D eigenvalue weighted by Gasteiger charge is 2.13. The molecule has 0 saturated carbocycles. The maximum absolute atomic E-state index is 12.2. The molecular formula is C46H86O4. The van der Waals surface area contributed by atoms with Gasteiger partial charge in [-0.15, -0.1) is 0 Å². The second kappa shape index (κ2) is 43.8. The third-order valence-electron chi connectivity index (χ3n) is 9.72. The molecule has 0 rings (SSSR count). The highest BCUT2D eigenvalue weighted by atomic mass is 16.6. The van der Waals surface area contributed by atoms with Gasteiger partial charge in [0.1, 0.15) is 6.10 Å². The molecule has 4 nitrogen and oxygen atoms in total. The topological polar surface area (TPSA) is 55.8 Å². The normalized spacial score (nSPS) is 12.6. The van der Waals surface area contributed by atoms with E-state index in [-0.39, 0.29) is 12.6 Å². The van der Waals surface area contributed by atoms with Gasteiger partial charge in [0.05, 0.1) is 13.2 Å². The summed E-state index contributed by atoms with van der Waals surface area (Å²) in [5.74, 6) is -0.201. The molecule has 4 heteroatoms. The van der Waals surface area contributed by atoms with Gasteiger partial charge < -0.3 is 14.6 Å². The molecule has 0 heterocycles. The molecule has 0 radical (unpaired) electrons. The summed E-state index contributed by atoms with van der Waals surface area (Å²) in [6.07, 6.45) is 54.9. The Bertz CT molecular complexity index is 742. The zero-order valence-electron chi connectivity index (χ0n) is 33.7. The smallest absolute Gasteiger partial charge is 0.306 e. The van der Waals surface area contributed by atoms with Crippen molar-refractivity contribution in [3.05, 3.63) is 36.5 Å². The van der Waals surface area contributed by atoms with Crippen LogP contribution in [-0.4, -0.2) is 37.0 Å². The van der Waals surface area contributed by atoms with E-state index in [1.807, 2.05) is 0 Å². The quantitative estimate of drug-likeness (QED) is 0.0391. The minimum atomic E-state index is -0.537. The van der Waals surface area contributed by atoms with Gasteiger partial charge in [-0.05, 0) is 51.4 Å². The first kappa shape index (κ1) is 48.6. The Hall–Kier alpha value is -1.39. The van der Waals surface area contributed by atoms with Gasteiger partial charge in [0.25, 0.3) is 0 Å². The molecule has 0 aromatic heterocycles. The number of ether oxygens (including phenoxy) is 2. The molecular weight excluding hydrogens is 617 g/mol. The molecule has 0 aliphatic carbocycles. The third-order valence-corrected chi connectivity index (χ3v) is 9.72. The van der Waals surface area contributed by atoms with Crippen molar-refractivity contribution in [2.45, 2.75) is 232 Å². The van der Waals surface area contributed by atoms with E-state index < -0.39 is 6.10 Å². The first-order chi connectivity index (χ1) is 24.7. The average molecular weight is 703 g/mol. The van der Waals surface area contributed by atoms with Crippen molar-refractivity contribution in [3.63, 3.8) is 0 Å². The fourth-order valence-corrected chi connectivity index (χ4v) is 6.39. The van der Waals surface area contributed by atoms with Crippen molar-refractivity contribution < 1.29 is 19.4 Å². The Morgan fingerprint density at radius 2 is 0.840 bits per heavy atom. The van der Waals surface area contributed by atoms with Crippen LogP contribution in [0.2, 0.25) is 0 Å². The fourth-order valence-electron chi connectivity index (χ4n) is 6.39. The summed E-state index contributed by atoms with van der Waals surface area (Å²) in [7, 11) is 0. The Morgan fingerprint density at radius 1 is 0.480 bits per heavy atom. The number of unbranched alkanes of at least 4 members (excludes halogenated alkanes) is 27. The minimum absolute atomic E-state index is 0.173. The van der Waals surface area contributed by atoms with E-state index in [9.17, 15) is 9.90 Å². The molecule has 294 valence electrons. The number of carbonyl (C=O) groups is 1. The van der Waals surface area contributed by atoms with E-state index in [4.69, 9.17) is 9.47 Å². The number of rotatable bonds is 41. The van der Waals surface area contributed by atoms with Crippen LogP contribution in [0.4, 0.5) is 0 Å². The molecule has 0 spiro atoms. The molecule has 0 bridgehead atoms. The van der Waals surface area contributed by atoms with Crippen LogP contribution >= 0.6 is 0 Å². The molecule has 0 aliphatic rings. The monoisotopic (exact) mass is 703 g/mol. The van der Waals surface area contributed by atoms with Crippen LogP contribution in [-0.2, 0) is 14.3 Å². The molecule has 1 unspecified atom stereocenters. The summed E-state index contributed by atoms with van der Waals surface area (Å²) >= 11 is 0. The van der Waals surface area contributed by atoms with Crippen LogP contribution in [0.25, 0.3) is 0 Å². The standard InChI is InChI=1S/C46H86O4/c1-3-5-7-9-11-13-15-17-19-21-23-24-26-28-30-32-34-36-38-40-42-49-44-45(43-47)50-46(48)41-39-37-35-33-31-29-27-25-22-20-18-16-14-12-10-8-6-4-2/h11,13,17,19,23-24,45,47H,3-10,12,14-16,18,20-22,25-44H2,1-2H3/b13-11-,19-17-,24-23-. The maximum atomic E-state index is 12.2. The van der Waals surface area contributed by atoms with Crippen LogP contribution in [0.15, 0.2) is 36.5 Å². The molecule has 0 aromatic carbocycles. The van der Waals surface area contributed by atoms with E-state index >= 15 is 0 Å². The SMILES string of the molecule is CCCCC/C=C\C/C=C\C/C=C\CCCCCCCCCOCC(CO)OC(=O)CCCCCCCCCCCCCCCCCCCC. The van der Waals surface area contributed by atoms with Crippen molar-refractivity contribution >= 4 is 5.97 Å². The van der Waals surface area contributed by atoms with Gasteiger partial charge in [-0.3, -0.25) is 4.79 Å². The van der Waals surface area contributed by atoms with Gasteiger partial charge in [0, 0.05) is 13.0 Å². The Labute approximate surface area is 312 Å². The first-order valence-corrected chi connectivity index (χ1v) is 22.1. The van der Waals surface area contributed by atoms with Gasteiger partial charge in [-0.1, -0.05) is 204 Å². The molecule has 1 atom stereocenters. The van der Waals surface area contributed by atoms with Crippen LogP contribution in [0.1, 0.15) is 226 Å². The lowest BCUT2D eigenvalue weighted by Gasteiger charge is -2.16. The summed E-state index contributed by atoms with van der Waals surface area (Å²) in [5.41, 5.74) is 0. The summed E-state index contributed by atoms with van der Waals surface area (Å²) in [5, 5.41) is 9.61. The number of esters is 1. The van der Waals surface area contributed by atoms with E-state index in [1.54, 1.807) is 0 Å².